The van der Waals surface area contributed by atoms with Crippen molar-refractivity contribution in [1.29, 1.82) is 0 Å². The number of anilines is 1. The van der Waals surface area contributed by atoms with Gasteiger partial charge in [0.2, 0.25) is 0 Å². The molecule has 0 unspecified atom stereocenters. The van der Waals surface area contributed by atoms with E-state index in [0.717, 1.165) is 5.56 Å². The Bertz CT molecular complexity index is 775. The minimum absolute atomic E-state index is 0.0780. The lowest BCUT2D eigenvalue weighted by Gasteiger charge is -2.05. The number of phenolic OH excluding ortho intramolecular Hbond substituents is 1. The number of rotatable bonds is 3. The third kappa shape index (κ3) is 4.82. The van der Waals surface area contributed by atoms with Gasteiger partial charge < -0.3 is 10.4 Å². The van der Waals surface area contributed by atoms with E-state index in [2.05, 4.69) is 15.8 Å². The van der Waals surface area contributed by atoms with Gasteiger partial charge in [0.25, 0.3) is 0 Å². The highest BCUT2D eigenvalue weighted by molar-refractivity contribution is 6.39. The number of benzene rings is 2. The fraction of sp³-hybridized carbons (Fsp3) is 0.0625. The van der Waals surface area contributed by atoms with E-state index in [0.29, 0.717) is 16.3 Å². The predicted molar refractivity (Wildman–Crippen MR) is 88.7 cm³/mol. The zero-order valence-electron chi connectivity index (χ0n) is 12.2. The molecule has 0 aliphatic rings. The second-order valence-corrected chi connectivity index (χ2v) is 5.12. The van der Waals surface area contributed by atoms with Crippen LogP contribution >= 0.6 is 11.6 Å². The van der Waals surface area contributed by atoms with Crippen molar-refractivity contribution in [2.24, 2.45) is 5.10 Å². The van der Waals surface area contributed by atoms with E-state index >= 15 is 0 Å². The summed E-state index contributed by atoms with van der Waals surface area (Å²) in [6.07, 6.45) is 1.31. The van der Waals surface area contributed by atoms with Crippen LogP contribution in [-0.4, -0.2) is 23.1 Å². The minimum atomic E-state index is -0.918. The average Bonchev–Trinajstić information content (AvgIpc) is 2.51. The summed E-state index contributed by atoms with van der Waals surface area (Å²) in [5, 5.41) is 15.9. The zero-order valence-corrected chi connectivity index (χ0v) is 13.0. The molecule has 2 aromatic carbocycles. The van der Waals surface area contributed by atoms with Gasteiger partial charge in [0.1, 0.15) is 5.75 Å². The average molecular weight is 332 g/mol. The second-order valence-electron chi connectivity index (χ2n) is 4.71. The molecule has 0 aromatic heterocycles. The third-order valence-electron chi connectivity index (χ3n) is 2.89. The number of carbonyl (C=O) groups excluding carboxylic acids is 2. The largest absolute Gasteiger partial charge is 0.508 e. The summed E-state index contributed by atoms with van der Waals surface area (Å²) in [7, 11) is 0. The van der Waals surface area contributed by atoms with Crippen molar-refractivity contribution < 1.29 is 14.7 Å². The van der Waals surface area contributed by atoms with Gasteiger partial charge in [0, 0.05) is 10.7 Å². The number of halogens is 1. The van der Waals surface area contributed by atoms with Crippen LogP contribution in [0.1, 0.15) is 11.1 Å². The van der Waals surface area contributed by atoms with Crippen LogP contribution in [0.25, 0.3) is 0 Å². The molecule has 0 aliphatic carbocycles. The summed E-state index contributed by atoms with van der Waals surface area (Å²) in [5.41, 5.74) is 3.96. The molecule has 7 heteroatoms. The first kappa shape index (κ1) is 16.5. The normalized spacial score (nSPS) is 10.5. The number of amides is 2. The highest BCUT2D eigenvalue weighted by Crippen LogP contribution is 2.19. The number of carbonyl (C=O) groups is 2. The molecular weight excluding hydrogens is 318 g/mol. The van der Waals surface area contributed by atoms with Crippen molar-refractivity contribution in [1.82, 2.24) is 5.43 Å². The van der Waals surface area contributed by atoms with Gasteiger partial charge in [-0.15, -0.1) is 0 Å². The molecule has 2 amide bonds. The lowest BCUT2D eigenvalue weighted by molar-refractivity contribution is -0.136. The van der Waals surface area contributed by atoms with Crippen LogP contribution in [0, 0.1) is 6.92 Å². The first-order chi connectivity index (χ1) is 11.0. The molecule has 23 heavy (non-hydrogen) atoms. The number of hydrazone groups is 1. The van der Waals surface area contributed by atoms with Crippen LogP contribution in [0.5, 0.6) is 5.75 Å². The molecule has 0 spiro atoms. The Labute approximate surface area is 137 Å². The maximum Gasteiger partial charge on any atom is 0.329 e. The number of hydrogen-bond acceptors (Lipinski definition) is 4. The topological polar surface area (TPSA) is 90.8 Å². The summed E-state index contributed by atoms with van der Waals surface area (Å²) in [6, 6.07) is 11.2. The Hall–Kier alpha value is -2.86. The van der Waals surface area contributed by atoms with Crippen LogP contribution in [0.4, 0.5) is 5.69 Å². The number of nitrogens with one attached hydrogen (secondary N) is 2. The van der Waals surface area contributed by atoms with Crippen molar-refractivity contribution in [2.45, 2.75) is 6.92 Å². The molecule has 0 saturated carbocycles. The molecule has 118 valence electrons. The van der Waals surface area contributed by atoms with Crippen LogP contribution < -0.4 is 10.7 Å². The fourth-order valence-corrected chi connectivity index (χ4v) is 1.86. The van der Waals surface area contributed by atoms with Crippen molar-refractivity contribution in [3.8, 4) is 5.75 Å². The summed E-state index contributed by atoms with van der Waals surface area (Å²) < 4.78 is 0. The number of phenols is 1. The minimum Gasteiger partial charge on any atom is -0.508 e. The van der Waals surface area contributed by atoms with Crippen LogP contribution in [-0.2, 0) is 9.59 Å². The number of aromatic hydroxyl groups is 1. The lowest BCUT2D eigenvalue weighted by atomic mass is 10.2. The standard InChI is InChI=1S/C16H14ClN3O3/c1-10-5-6-12(8-14(10)17)19-15(22)16(23)20-18-9-11-3-2-4-13(21)7-11/h2-9,21H,1H3,(H,19,22)(H,20,23). The molecule has 6 nitrogen and oxygen atoms in total. The first-order valence-electron chi connectivity index (χ1n) is 6.65. The quantitative estimate of drug-likeness (QED) is 0.458. The van der Waals surface area contributed by atoms with E-state index in [1.807, 2.05) is 6.92 Å². The molecule has 0 aliphatic heterocycles. The number of hydrogen-bond donors (Lipinski definition) is 3. The Morgan fingerprint density at radius 1 is 1.17 bits per heavy atom. The van der Waals surface area contributed by atoms with E-state index in [9.17, 15) is 14.7 Å². The highest BCUT2D eigenvalue weighted by Gasteiger charge is 2.13. The fourth-order valence-electron chi connectivity index (χ4n) is 1.68. The molecule has 0 fully saturated rings. The SMILES string of the molecule is Cc1ccc(NC(=O)C(=O)NN=Cc2cccc(O)c2)cc1Cl. The monoisotopic (exact) mass is 331 g/mol. The summed E-state index contributed by atoms with van der Waals surface area (Å²) in [6.45, 7) is 1.83. The van der Waals surface area contributed by atoms with Gasteiger partial charge in [0.05, 0.1) is 6.21 Å². The summed E-state index contributed by atoms with van der Waals surface area (Å²) >= 11 is 5.95. The van der Waals surface area contributed by atoms with Crippen LogP contribution in [0.3, 0.4) is 0 Å². The highest BCUT2D eigenvalue weighted by atomic mass is 35.5. The van der Waals surface area contributed by atoms with Crippen molar-refractivity contribution in [2.75, 3.05) is 5.32 Å². The second kappa shape index (κ2) is 7.42. The van der Waals surface area contributed by atoms with E-state index in [4.69, 9.17) is 11.6 Å². The Morgan fingerprint density at radius 3 is 2.65 bits per heavy atom. The number of nitrogens with zero attached hydrogens (tertiary/aromatic N) is 1. The summed E-state index contributed by atoms with van der Waals surface area (Å²) in [5.74, 6) is -1.70. The molecule has 0 atom stereocenters. The molecule has 0 heterocycles. The molecule has 3 N–H and O–H groups in total. The van der Waals surface area contributed by atoms with Gasteiger partial charge in [-0.1, -0.05) is 29.8 Å². The number of aryl methyl sites for hydroxylation is 1. The van der Waals surface area contributed by atoms with Crippen LogP contribution in [0.15, 0.2) is 47.6 Å². The van der Waals surface area contributed by atoms with E-state index in [1.54, 1.807) is 30.3 Å². The molecule has 0 bridgehead atoms. The van der Waals surface area contributed by atoms with Gasteiger partial charge in [-0.05, 0) is 42.3 Å². The van der Waals surface area contributed by atoms with Crippen molar-refractivity contribution in [3.63, 3.8) is 0 Å². The van der Waals surface area contributed by atoms with E-state index in [1.165, 1.54) is 18.3 Å². The summed E-state index contributed by atoms with van der Waals surface area (Å²) in [4.78, 5) is 23.4. The van der Waals surface area contributed by atoms with Gasteiger partial charge in [-0.3, -0.25) is 9.59 Å². The van der Waals surface area contributed by atoms with Gasteiger partial charge in [-0.2, -0.15) is 5.10 Å². The van der Waals surface area contributed by atoms with Gasteiger partial charge >= 0.3 is 11.8 Å². The Kier molecular flexibility index (Phi) is 5.32. The van der Waals surface area contributed by atoms with Crippen LogP contribution in [0.2, 0.25) is 5.02 Å². The predicted octanol–water partition coefficient (Wildman–Crippen LogP) is 2.44. The lowest BCUT2D eigenvalue weighted by Crippen LogP contribution is -2.32. The van der Waals surface area contributed by atoms with Gasteiger partial charge in [-0.25, -0.2) is 5.43 Å². The molecular formula is C16H14ClN3O3. The smallest absolute Gasteiger partial charge is 0.329 e. The molecule has 0 radical (unpaired) electrons. The van der Waals surface area contributed by atoms with Gasteiger partial charge in [0.15, 0.2) is 0 Å². The Balaban J connectivity index is 1.92. The van der Waals surface area contributed by atoms with E-state index in [-0.39, 0.29) is 5.75 Å². The van der Waals surface area contributed by atoms with E-state index < -0.39 is 11.8 Å². The third-order valence-corrected chi connectivity index (χ3v) is 3.29. The van der Waals surface area contributed by atoms with Crippen molar-refractivity contribution in [3.05, 3.63) is 58.6 Å². The maximum absolute atomic E-state index is 11.7. The zero-order chi connectivity index (χ0) is 16.8. The molecule has 0 saturated heterocycles. The maximum atomic E-state index is 11.7. The van der Waals surface area contributed by atoms with Crippen molar-refractivity contribution >= 4 is 35.3 Å². The Morgan fingerprint density at radius 2 is 1.96 bits per heavy atom. The molecule has 2 aromatic rings. The molecule has 2 rings (SSSR count). The first-order valence-corrected chi connectivity index (χ1v) is 7.03.